The molecule has 0 aliphatic rings. The third-order valence-electron chi connectivity index (χ3n) is 2.71. The summed E-state index contributed by atoms with van der Waals surface area (Å²) in [5.41, 5.74) is 12.3. The number of hydrogen-bond acceptors (Lipinski definition) is 3. The number of carbonyl (C=O) groups excluding carboxylic acids is 1. The van der Waals surface area contributed by atoms with Gasteiger partial charge in [0.2, 0.25) is 0 Å². The van der Waals surface area contributed by atoms with E-state index in [9.17, 15) is 4.79 Å². The van der Waals surface area contributed by atoms with Crippen molar-refractivity contribution in [3.8, 4) is 0 Å². The molecule has 0 saturated heterocycles. The van der Waals surface area contributed by atoms with Gasteiger partial charge in [-0.05, 0) is 25.0 Å². The third-order valence-corrected chi connectivity index (χ3v) is 3.01. The van der Waals surface area contributed by atoms with Gasteiger partial charge in [0, 0.05) is 11.7 Å². The molecule has 0 aliphatic heterocycles. The summed E-state index contributed by atoms with van der Waals surface area (Å²) in [5, 5.41) is 3.66. The van der Waals surface area contributed by atoms with Crippen molar-refractivity contribution in [3.63, 3.8) is 0 Å². The van der Waals surface area contributed by atoms with Crippen molar-refractivity contribution in [1.82, 2.24) is 0 Å². The zero-order valence-electron chi connectivity index (χ0n) is 10.1. The van der Waals surface area contributed by atoms with Crippen LogP contribution in [0.2, 0.25) is 5.02 Å². The highest BCUT2D eigenvalue weighted by molar-refractivity contribution is 6.34. The molecule has 0 heterocycles. The SMILES string of the molecule is CCC(CC)Nc1c(Cl)cc(N)cc1C(N)=O. The van der Waals surface area contributed by atoms with Gasteiger partial charge in [-0.3, -0.25) is 4.79 Å². The fourth-order valence-corrected chi connectivity index (χ4v) is 1.95. The lowest BCUT2D eigenvalue weighted by Crippen LogP contribution is -2.21. The number of rotatable bonds is 5. The molecule has 0 unspecified atom stereocenters. The predicted octanol–water partition coefficient (Wildman–Crippen LogP) is 2.62. The summed E-state index contributed by atoms with van der Waals surface area (Å²) in [6.45, 7) is 4.13. The fourth-order valence-electron chi connectivity index (χ4n) is 1.67. The third kappa shape index (κ3) is 3.27. The minimum Gasteiger partial charge on any atom is -0.399 e. The van der Waals surface area contributed by atoms with Crippen LogP contribution in [0.4, 0.5) is 11.4 Å². The van der Waals surface area contributed by atoms with Gasteiger partial charge in [0.05, 0.1) is 16.3 Å². The van der Waals surface area contributed by atoms with E-state index in [0.717, 1.165) is 12.8 Å². The van der Waals surface area contributed by atoms with E-state index in [2.05, 4.69) is 19.2 Å². The van der Waals surface area contributed by atoms with E-state index in [-0.39, 0.29) is 6.04 Å². The van der Waals surface area contributed by atoms with Crippen LogP contribution in [-0.2, 0) is 0 Å². The number of carbonyl (C=O) groups is 1. The van der Waals surface area contributed by atoms with E-state index in [4.69, 9.17) is 23.1 Å². The number of halogens is 1. The molecule has 0 radical (unpaired) electrons. The Balaban J connectivity index is 3.16. The van der Waals surface area contributed by atoms with Crippen LogP contribution in [0.1, 0.15) is 37.0 Å². The molecule has 4 nitrogen and oxygen atoms in total. The van der Waals surface area contributed by atoms with Gasteiger partial charge >= 0.3 is 0 Å². The van der Waals surface area contributed by atoms with Crippen LogP contribution in [0, 0.1) is 0 Å². The Hall–Kier alpha value is -1.42. The van der Waals surface area contributed by atoms with Gasteiger partial charge in [0.25, 0.3) is 5.91 Å². The monoisotopic (exact) mass is 255 g/mol. The zero-order chi connectivity index (χ0) is 13.0. The number of benzene rings is 1. The highest BCUT2D eigenvalue weighted by Gasteiger charge is 2.15. The number of nitrogen functional groups attached to an aromatic ring is 1. The maximum Gasteiger partial charge on any atom is 0.250 e. The van der Waals surface area contributed by atoms with Crippen molar-refractivity contribution in [2.75, 3.05) is 11.1 Å². The number of anilines is 2. The smallest absolute Gasteiger partial charge is 0.250 e. The van der Waals surface area contributed by atoms with Crippen molar-refractivity contribution in [3.05, 3.63) is 22.7 Å². The summed E-state index contributed by atoms with van der Waals surface area (Å²) >= 11 is 6.09. The number of hydrogen-bond donors (Lipinski definition) is 3. The van der Waals surface area contributed by atoms with Gasteiger partial charge in [0.1, 0.15) is 0 Å². The van der Waals surface area contributed by atoms with Gasteiger partial charge in [-0.15, -0.1) is 0 Å². The Kier molecular flexibility index (Phi) is 4.63. The first-order valence-electron chi connectivity index (χ1n) is 5.64. The first kappa shape index (κ1) is 13.6. The van der Waals surface area contributed by atoms with Gasteiger partial charge in [-0.1, -0.05) is 25.4 Å². The molecule has 0 fully saturated rings. The van der Waals surface area contributed by atoms with Crippen LogP contribution < -0.4 is 16.8 Å². The van der Waals surface area contributed by atoms with Gasteiger partial charge < -0.3 is 16.8 Å². The number of amides is 1. The highest BCUT2D eigenvalue weighted by atomic mass is 35.5. The van der Waals surface area contributed by atoms with E-state index in [1.165, 1.54) is 0 Å². The average Bonchev–Trinajstić information content (AvgIpc) is 2.27. The topological polar surface area (TPSA) is 81.1 Å². The van der Waals surface area contributed by atoms with Crippen molar-refractivity contribution in [1.29, 1.82) is 0 Å². The molecule has 0 aromatic heterocycles. The maximum atomic E-state index is 11.4. The van der Waals surface area contributed by atoms with E-state index < -0.39 is 5.91 Å². The molecule has 1 aromatic carbocycles. The van der Waals surface area contributed by atoms with E-state index in [0.29, 0.717) is 22.0 Å². The van der Waals surface area contributed by atoms with Crippen molar-refractivity contribution < 1.29 is 4.79 Å². The van der Waals surface area contributed by atoms with E-state index in [1.807, 2.05) is 0 Å². The molecular weight excluding hydrogens is 238 g/mol. The maximum absolute atomic E-state index is 11.4. The predicted molar refractivity (Wildman–Crippen MR) is 72.4 cm³/mol. The molecule has 0 aliphatic carbocycles. The summed E-state index contributed by atoms with van der Waals surface area (Å²) in [5.74, 6) is -0.535. The van der Waals surface area contributed by atoms with Crippen LogP contribution in [0.15, 0.2) is 12.1 Å². The molecule has 0 saturated carbocycles. The largest absolute Gasteiger partial charge is 0.399 e. The number of nitrogens with two attached hydrogens (primary N) is 2. The standard InChI is InChI=1S/C12H18ClN3O/c1-3-8(4-2)16-11-9(12(15)17)5-7(14)6-10(11)13/h5-6,8,16H,3-4,14H2,1-2H3,(H2,15,17). The molecule has 1 rings (SSSR count). The summed E-state index contributed by atoms with van der Waals surface area (Å²) < 4.78 is 0. The van der Waals surface area contributed by atoms with Crippen LogP contribution in [0.5, 0.6) is 0 Å². The zero-order valence-corrected chi connectivity index (χ0v) is 10.8. The van der Waals surface area contributed by atoms with Gasteiger partial charge in [-0.2, -0.15) is 0 Å². The lowest BCUT2D eigenvalue weighted by molar-refractivity contribution is 0.100. The first-order valence-corrected chi connectivity index (χ1v) is 6.02. The normalized spacial score (nSPS) is 10.6. The van der Waals surface area contributed by atoms with Crippen LogP contribution >= 0.6 is 11.6 Å². The van der Waals surface area contributed by atoms with Crippen LogP contribution in [0.3, 0.4) is 0 Å². The molecule has 1 amide bonds. The lowest BCUT2D eigenvalue weighted by atomic mass is 10.1. The minimum absolute atomic E-state index is 0.259. The van der Waals surface area contributed by atoms with Gasteiger partial charge in [0.15, 0.2) is 0 Å². The highest BCUT2D eigenvalue weighted by Crippen LogP contribution is 2.30. The average molecular weight is 256 g/mol. The summed E-state index contributed by atoms with van der Waals surface area (Å²) in [6, 6.07) is 3.41. The molecule has 5 heteroatoms. The first-order chi connectivity index (χ1) is 7.99. The van der Waals surface area contributed by atoms with E-state index in [1.54, 1.807) is 12.1 Å². The number of nitrogens with one attached hydrogen (secondary N) is 1. The Bertz CT molecular complexity index is 416. The summed E-state index contributed by atoms with van der Waals surface area (Å²) in [7, 11) is 0. The van der Waals surface area contributed by atoms with Crippen molar-refractivity contribution in [2.45, 2.75) is 32.7 Å². The second-order valence-corrected chi connectivity index (χ2v) is 4.35. The second-order valence-electron chi connectivity index (χ2n) is 3.95. The Morgan fingerprint density at radius 2 is 2.00 bits per heavy atom. The Morgan fingerprint density at radius 1 is 1.41 bits per heavy atom. The molecule has 1 aromatic rings. The minimum atomic E-state index is -0.535. The summed E-state index contributed by atoms with van der Waals surface area (Å²) in [4.78, 5) is 11.4. The molecular formula is C12H18ClN3O. The van der Waals surface area contributed by atoms with E-state index >= 15 is 0 Å². The van der Waals surface area contributed by atoms with Gasteiger partial charge in [-0.25, -0.2) is 0 Å². The quantitative estimate of drug-likeness (QED) is 0.708. The van der Waals surface area contributed by atoms with Crippen LogP contribution in [0.25, 0.3) is 0 Å². The second kappa shape index (κ2) is 5.77. The summed E-state index contributed by atoms with van der Waals surface area (Å²) in [6.07, 6.45) is 1.88. The van der Waals surface area contributed by atoms with Crippen molar-refractivity contribution in [2.24, 2.45) is 5.73 Å². The number of primary amides is 1. The molecule has 94 valence electrons. The molecule has 0 bridgehead atoms. The Labute approximate surface area is 106 Å². The molecule has 17 heavy (non-hydrogen) atoms. The van der Waals surface area contributed by atoms with Crippen LogP contribution in [-0.4, -0.2) is 11.9 Å². The molecule has 5 N–H and O–H groups in total. The Morgan fingerprint density at radius 3 is 2.47 bits per heavy atom. The fraction of sp³-hybridized carbons (Fsp3) is 0.417. The molecule has 0 spiro atoms. The molecule has 0 atom stereocenters. The lowest BCUT2D eigenvalue weighted by Gasteiger charge is -2.19. The van der Waals surface area contributed by atoms with Crippen molar-refractivity contribution >= 4 is 28.9 Å².